The van der Waals surface area contributed by atoms with E-state index in [1.807, 2.05) is 72.8 Å². The highest BCUT2D eigenvalue weighted by Gasteiger charge is 2.32. The van der Waals surface area contributed by atoms with Gasteiger partial charge in [-0.3, -0.25) is 0 Å². The van der Waals surface area contributed by atoms with Crippen molar-refractivity contribution in [3.05, 3.63) is 115 Å². The quantitative estimate of drug-likeness (QED) is 0.267. The Bertz CT molecular complexity index is 1950. The van der Waals surface area contributed by atoms with E-state index in [1.54, 1.807) is 24.3 Å². The molecule has 0 amide bonds. The fourth-order valence-corrected chi connectivity index (χ4v) is 6.59. The summed E-state index contributed by atoms with van der Waals surface area (Å²) in [6.45, 7) is 0. The number of aromatic nitrogens is 3. The summed E-state index contributed by atoms with van der Waals surface area (Å²) in [6, 6.07) is 36.4. The average molecular weight is 498 g/mol. The van der Waals surface area contributed by atoms with Crippen molar-refractivity contribution in [3.8, 4) is 45.3 Å². The van der Waals surface area contributed by atoms with E-state index in [0.29, 0.717) is 38.4 Å². The molecule has 0 saturated heterocycles. The molecule has 0 bridgehead atoms. The summed E-state index contributed by atoms with van der Waals surface area (Å²) in [5.74, 6) is 1.61. The molecule has 6 heteroatoms. The molecule has 0 radical (unpaired) electrons. The Hall–Kier alpha value is -4.68. The second kappa shape index (κ2) is 8.18. The van der Waals surface area contributed by atoms with Crippen LogP contribution in [0.4, 0.5) is 0 Å². The first kappa shape index (κ1) is 21.6. The minimum absolute atomic E-state index is 0.309. The molecule has 5 aromatic carbocycles. The van der Waals surface area contributed by atoms with Crippen LogP contribution in [0.1, 0.15) is 0 Å². The lowest BCUT2D eigenvalue weighted by molar-refractivity contribution is 0.598. The van der Waals surface area contributed by atoms with Gasteiger partial charge in [0.25, 0.3) is 0 Å². The van der Waals surface area contributed by atoms with Crippen LogP contribution in [0.15, 0.2) is 125 Å². The third kappa shape index (κ3) is 3.45. The molecule has 0 aliphatic carbocycles. The third-order valence-corrected chi connectivity index (χ3v) is 8.56. The molecule has 0 N–H and O–H groups in total. The first-order valence-corrected chi connectivity index (χ1v) is 13.4. The summed E-state index contributed by atoms with van der Waals surface area (Å²) in [5.41, 5.74) is 3.88. The minimum atomic E-state index is -3.54. The smallest absolute Gasteiger partial charge is 0.207 e. The lowest BCUT2D eigenvalue weighted by Gasteiger charge is -2.11. The summed E-state index contributed by atoms with van der Waals surface area (Å²) in [7, 11) is -3.54. The Balaban J connectivity index is 1.47. The van der Waals surface area contributed by atoms with Crippen molar-refractivity contribution in [2.45, 2.75) is 9.79 Å². The number of hydrogen-bond acceptors (Lipinski definition) is 5. The molecule has 1 aliphatic rings. The van der Waals surface area contributed by atoms with Crippen molar-refractivity contribution in [3.63, 3.8) is 0 Å². The minimum Gasteiger partial charge on any atom is -0.218 e. The molecule has 0 fully saturated rings. The van der Waals surface area contributed by atoms with Gasteiger partial charge in [0.1, 0.15) is 0 Å². The van der Waals surface area contributed by atoms with E-state index in [9.17, 15) is 8.42 Å². The zero-order valence-corrected chi connectivity index (χ0v) is 20.4. The summed E-state index contributed by atoms with van der Waals surface area (Å²) in [4.78, 5) is 15.2. The SMILES string of the molecule is O=S1(=O)c2ccccc2-c2cc(-c3nc(-c4ccccc4)nc(-c4cccc5ccccc45)n3)ccc21. The summed E-state index contributed by atoms with van der Waals surface area (Å²) < 4.78 is 26.2. The molecule has 1 aromatic heterocycles. The number of hydrogen-bond donors (Lipinski definition) is 0. The van der Waals surface area contributed by atoms with E-state index < -0.39 is 9.84 Å². The molecule has 5 nitrogen and oxygen atoms in total. The van der Waals surface area contributed by atoms with E-state index in [0.717, 1.165) is 27.5 Å². The van der Waals surface area contributed by atoms with Gasteiger partial charge in [-0.15, -0.1) is 0 Å². The van der Waals surface area contributed by atoms with Crippen LogP contribution in [0.3, 0.4) is 0 Å². The highest BCUT2D eigenvalue weighted by atomic mass is 32.2. The highest BCUT2D eigenvalue weighted by Crippen LogP contribution is 2.44. The first-order chi connectivity index (χ1) is 18.1. The van der Waals surface area contributed by atoms with E-state index in [4.69, 9.17) is 15.0 Å². The van der Waals surface area contributed by atoms with Crippen molar-refractivity contribution in [2.24, 2.45) is 0 Å². The van der Waals surface area contributed by atoms with Crippen molar-refractivity contribution in [2.75, 3.05) is 0 Å². The van der Waals surface area contributed by atoms with Gasteiger partial charge in [-0.2, -0.15) is 0 Å². The molecule has 176 valence electrons. The van der Waals surface area contributed by atoms with Crippen molar-refractivity contribution < 1.29 is 8.42 Å². The second-order valence-electron chi connectivity index (χ2n) is 8.91. The molecule has 37 heavy (non-hydrogen) atoms. The topological polar surface area (TPSA) is 72.8 Å². The maximum absolute atomic E-state index is 13.1. The van der Waals surface area contributed by atoms with Gasteiger partial charge in [0.2, 0.25) is 9.84 Å². The van der Waals surface area contributed by atoms with Crippen LogP contribution in [0.2, 0.25) is 0 Å². The summed E-state index contributed by atoms with van der Waals surface area (Å²) in [6.07, 6.45) is 0. The van der Waals surface area contributed by atoms with Crippen molar-refractivity contribution >= 4 is 20.6 Å². The Kier molecular flexibility index (Phi) is 4.77. The standard InChI is InChI=1S/C31H19N3O2S/c35-37(36)27-16-7-6-14-24(27)26-19-22(17-18-28(26)37)30-32-29(21-10-2-1-3-11-21)33-31(34-30)25-15-8-12-20-9-4-5-13-23(20)25/h1-19H. The van der Waals surface area contributed by atoms with Crippen LogP contribution < -0.4 is 0 Å². The van der Waals surface area contributed by atoms with E-state index in [2.05, 4.69) is 18.2 Å². The summed E-state index contributed by atoms with van der Waals surface area (Å²) in [5, 5.41) is 2.15. The van der Waals surface area contributed by atoms with Gasteiger partial charge < -0.3 is 0 Å². The predicted molar refractivity (Wildman–Crippen MR) is 145 cm³/mol. The van der Waals surface area contributed by atoms with Crippen LogP contribution in [0.5, 0.6) is 0 Å². The number of sulfone groups is 1. The van der Waals surface area contributed by atoms with Crippen molar-refractivity contribution in [1.29, 1.82) is 0 Å². The fraction of sp³-hybridized carbons (Fsp3) is 0. The fourth-order valence-electron chi connectivity index (χ4n) is 4.92. The first-order valence-electron chi connectivity index (χ1n) is 11.9. The number of benzene rings is 5. The van der Waals surface area contributed by atoms with Gasteiger partial charge in [-0.25, -0.2) is 23.4 Å². The van der Waals surface area contributed by atoms with Crippen LogP contribution >= 0.6 is 0 Å². The van der Waals surface area contributed by atoms with E-state index in [-0.39, 0.29) is 0 Å². The van der Waals surface area contributed by atoms with Crippen LogP contribution in [0.25, 0.3) is 56.1 Å². The van der Waals surface area contributed by atoms with Gasteiger partial charge >= 0.3 is 0 Å². The lowest BCUT2D eigenvalue weighted by Crippen LogP contribution is -2.01. The Morgan fingerprint density at radius 1 is 0.459 bits per heavy atom. The highest BCUT2D eigenvalue weighted by molar-refractivity contribution is 7.92. The molecule has 0 saturated carbocycles. The molecule has 1 aliphatic heterocycles. The zero-order valence-electron chi connectivity index (χ0n) is 19.5. The number of fused-ring (bicyclic) bond motifs is 4. The zero-order chi connectivity index (χ0) is 25.0. The van der Waals surface area contributed by atoms with Gasteiger partial charge in [-0.05, 0) is 35.0 Å². The average Bonchev–Trinajstić information content (AvgIpc) is 3.19. The normalized spacial score (nSPS) is 13.3. The molecule has 7 rings (SSSR count). The summed E-state index contributed by atoms with van der Waals surface area (Å²) >= 11 is 0. The van der Waals surface area contributed by atoms with Crippen molar-refractivity contribution in [1.82, 2.24) is 15.0 Å². The number of rotatable bonds is 3. The molecule has 0 unspecified atom stereocenters. The number of nitrogens with zero attached hydrogens (tertiary/aromatic N) is 3. The molecular weight excluding hydrogens is 478 g/mol. The Labute approximate surface area is 214 Å². The molecule has 6 aromatic rings. The maximum atomic E-state index is 13.1. The lowest BCUT2D eigenvalue weighted by atomic mass is 10.0. The van der Waals surface area contributed by atoms with Gasteiger partial charge in [0, 0.05) is 27.8 Å². The van der Waals surface area contributed by atoms with Gasteiger partial charge in [-0.1, -0.05) is 91.0 Å². The Morgan fingerprint density at radius 3 is 1.95 bits per heavy atom. The molecule has 0 atom stereocenters. The second-order valence-corrected chi connectivity index (χ2v) is 10.8. The maximum Gasteiger partial charge on any atom is 0.207 e. The predicted octanol–water partition coefficient (Wildman–Crippen LogP) is 6.84. The van der Waals surface area contributed by atoms with E-state index >= 15 is 0 Å². The Morgan fingerprint density at radius 2 is 1.08 bits per heavy atom. The van der Waals surface area contributed by atoms with Gasteiger partial charge in [0.15, 0.2) is 17.5 Å². The monoisotopic (exact) mass is 497 g/mol. The van der Waals surface area contributed by atoms with Crippen LogP contribution in [0, 0.1) is 0 Å². The molecule has 2 heterocycles. The van der Waals surface area contributed by atoms with E-state index in [1.165, 1.54) is 0 Å². The van der Waals surface area contributed by atoms with Gasteiger partial charge in [0.05, 0.1) is 9.79 Å². The van der Waals surface area contributed by atoms with Crippen LogP contribution in [-0.2, 0) is 9.84 Å². The molecular formula is C31H19N3O2S. The molecule has 0 spiro atoms. The third-order valence-electron chi connectivity index (χ3n) is 6.69. The van der Waals surface area contributed by atoms with Crippen LogP contribution in [-0.4, -0.2) is 23.4 Å². The largest absolute Gasteiger partial charge is 0.218 e.